The Labute approximate surface area is 133 Å². The number of hydrogen-bond donors (Lipinski definition) is 1. The maximum Gasteiger partial charge on any atom is 0.162 e. The predicted octanol–water partition coefficient (Wildman–Crippen LogP) is 4.59. The molecule has 1 unspecified atom stereocenters. The lowest BCUT2D eigenvalue weighted by Crippen LogP contribution is -2.18. The Hall–Kier alpha value is -0.930. The minimum absolute atomic E-state index is 0.262. The van der Waals surface area contributed by atoms with Gasteiger partial charge in [0.05, 0.1) is 14.2 Å². The number of benzene rings is 1. The molecule has 1 aliphatic carbocycles. The first-order chi connectivity index (χ1) is 10.2. The number of hydrogen-bond acceptors (Lipinski definition) is 3. The Morgan fingerprint density at radius 1 is 1.19 bits per heavy atom. The van der Waals surface area contributed by atoms with Crippen LogP contribution in [0.3, 0.4) is 0 Å². The van der Waals surface area contributed by atoms with Crippen molar-refractivity contribution in [2.24, 2.45) is 5.92 Å². The van der Waals surface area contributed by atoms with Crippen LogP contribution >= 0.6 is 11.6 Å². The van der Waals surface area contributed by atoms with Gasteiger partial charge in [-0.05, 0) is 37.4 Å². The van der Waals surface area contributed by atoms with Gasteiger partial charge in [0.15, 0.2) is 11.5 Å². The van der Waals surface area contributed by atoms with E-state index in [-0.39, 0.29) is 6.04 Å². The summed E-state index contributed by atoms with van der Waals surface area (Å²) in [6.07, 6.45) is 7.93. The SMILES string of the molecule is CNC(CCC1CCCC1)c1cc(OC)c(OC)cc1Cl. The van der Waals surface area contributed by atoms with E-state index in [1.54, 1.807) is 14.2 Å². The second-order valence-corrected chi connectivity index (χ2v) is 6.20. The first kappa shape index (κ1) is 16.4. The molecule has 0 radical (unpaired) electrons. The topological polar surface area (TPSA) is 30.5 Å². The van der Waals surface area contributed by atoms with Crippen LogP contribution in [0.4, 0.5) is 0 Å². The van der Waals surface area contributed by atoms with Gasteiger partial charge < -0.3 is 14.8 Å². The molecule has 4 heteroatoms. The van der Waals surface area contributed by atoms with Gasteiger partial charge in [-0.2, -0.15) is 0 Å². The highest BCUT2D eigenvalue weighted by Crippen LogP contribution is 2.38. The average Bonchev–Trinajstić information content (AvgIpc) is 3.02. The van der Waals surface area contributed by atoms with Crippen LogP contribution in [-0.2, 0) is 0 Å². The van der Waals surface area contributed by atoms with Gasteiger partial charge in [0.2, 0.25) is 0 Å². The van der Waals surface area contributed by atoms with E-state index in [4.69, 9.17) is 21.1 Å². The molecule has 1 fully saturated rings. The molecule has 1 N–H and O–H groups in total. The molecule has 0 bridgehead atoms. The lowest BCUT2D eigenvalue weighted by Gasteiger charge is -2.21. The van der Waals surface area contributed by atoms with E-state index in [0.717, 1.165) is 28.7 Å². The lowest BCUT2D eigenvalue weighted by molar-refractivity contribution is 0.353. The van der Waals surface area contributed by atoms with Gasteiger partial charge in [-0.3, -0.25) is 0 Å². The van der Waals surface area contributed by atoms with E-state index < -0.39 is 0 Å². The van der Waals surface area contributed by atoms with Gasteiger partial charge in [0, 0.05) is 17.1 Å². The number of ether oxygens (including phenoxy) is 2. The molecule has 1 atom stereocenters. The average molecular weight is 312 g/mol. The molecule has 1 aliphatic rings. The summed E-state index contributed by atoms with van der Waals surface area (Å²) in [5.41, 5.74) is 1.09. The monoisotopic (exact) mass is 311 g/mol. The summed E-state index contributed by atoms with van der Waals surface area (Å²) >= 11 is 6.43. The molecule has 1 aromatic carbocycles. The molecule has 0 heterocycles. The maximum absolute atomic E-state index is 6.43. The van der Waals surface area contributed by atoms with Gasteiger partial charge in [-0.15, -0.1) is 0 Å². The normalized spacial score (nSPS) is 17.0. The highest BCUT2D eigenvalue weighted by molar-refractivity contribution is 6.31. The molecule has 118 valence electrons. The van der Waals surface area contributed by atoms with Gasteiger partial charge in [0.1, 0.15) is 0 Å². The largest absolute Gasteiger partial charge is 0.493 e. The highest BCUT2D eigenvalue weighted by atomic mass is 35.5. The molecular weight excluding hydrogens is 286 g/mol. The summed E-state index contributed by atoms with van der Waals surface area (Å²) in [5.74, 6) is 2.30. The van der Waals surface area contributed by atoms with E-state index in [2.05, 4.69) is 5.32 Å². The van der Waals surface area contributed by atoms with Gasteiger partial charge in [-0.1, -0.05) is 37.3 Å². The van der Waals surface area contributed by atoms with Crippen LogP contribution in [0, 0.1) is 5.92 Å². The first-order valence-electron chi connectivity index (χ1n) is 7.78. The smallest absolute Gasteiger partial charge is 0.162 e. The third-order valence-corrected chi connectivity index (χ3v) is 4.89. The number of nitrogens with one attached hydrogen (secondary N) is 1. The Kier molecular flexibility index (Phi) is 6.19. The molecule has 21 heavy (non-hydrogen) atoms. The Bertz CT molecular complexity index is 458. The van der Waals surface area contributed by atoms with Crippen molar-refractivity contribution in [2.75, 3.05) is 21.3 Å². The van der Waals surface area contributed by atoms with Crippen LogP contribution in [0.25, 0.3) is 0 Å². The first-order valence-corrected chi connectivity index (χ1v) is 8.16. The van der Waals surface area contributed by atoms with Crippen LogP contribution in [0.15, 0.2) is 12.1 Å². The molecule has 1 saturated carbocycles. The van der Waals surface area contributed by atoms with E-state index in [1.165, 1.54) is 32.1 Å². The van der Waals surface area contributed by atoms with Crippen molar-refractivity contribution in [1.82, 2.24) is 5.32 Å². The van der Waals surface area contributed by atoms with Crippen molar-refractivity contribution in [1.29, 1.82) is 0 Å². The fraction of sp³-hybridized carbons (Fsp3) is 0.647. The zero-order chi connectivity index (χ0) is 15.2. The zero-order valence-electron chi connectivity index (χ0n) is 13.2. The minimum atomic E-state index is 0.262. The maximum atomic E-state index is 6.43. The van der Waals surface area contributed by atoms with Crippen molar-refractivity contribution in [3.8, 4) is 11.5 Å². The van der Waals surface area contributed by atoms with Crippen LogP contribution in [0.5, 0.6) is 11.5 Å². The number of rotatable bonds is 7. The van der Waals surface area contributed by atoms with Crippen molar-refractivity contribution >= 4 is 11.6 Å². The summed E-state index contributed by atoms with van der Waals surface area (Å²) in [6, 6.07) is 4.10. The van der Waals surface area contributed by atoms with Crippen molar-refractivity contribution in [3.63, 3.8) is 0 Å². The second-order valence-electron chi connectivity index (χ2n) is 5.80. The molecule has 0 aromatic heterocycles. The molecule has 0 amide bonds. The van der Waals surface area contributed by atoms with Crippen molar-refractivity contribution in [3.05, 3.63) is 22.7 Å². The Morgan fingerprint density at radius 2 is 1.81 bits per heavy atom. The zero-order valence-corrected chi connectivity index (χ0v) is 14.0. The molecular formula is C17H26ClNO2. The fourth-order valence-corrected chi connectivity index (χ4v) is 3.58. The molecule has 0 saturated heterocycles. The lowest BCUT2D eigenvalue weighted by atomic mass is 9.94. The van der Waals surface area contributed by atoms with Crippen LogP contribution in [0.2, 0.25) is 5.02 Å². The standard InChI is InChI=1S/C17H26ClNO2/c1-19-15(9-8-12-6-4-5-7-12)13-10-16(20-2)17(21-3)11-14(13)18/h10-12,15,19H,4-9H2,1-3H3. The number of methoxy groups -OCH3 is 2. The molecule has 0 spiro atoms. The van der Waals surface area contributed by atoms with E-state index in [1.807, 2.05) is 19.2 Å². The molecule has 3 nitrogen and oxygen atoms in total. The predicted molar refractivity (Wildman–Crippen MR) is 87.5 cm³/mol. The van der Waals surface area contributed by atoms with Gasteiger partial charge in [0.25, 0.3) is 0 Å². The Morgan fingerprint density at radius 3 is 2.38 bits per heavy atom. The van der Waals surface area contributed by atoms with Crippen LogP contribution in [-0.4, -0.2) is 21.3 Å². The minimum Gasteiger partial charge on any atom is -0.493 e. The quantitative estimate of drug-likeness (QED) is 0.799. The summed E-state index contributed by atoms with van der Waals surface area (Å²) in [6.45, 7) is 0. The molecule has 1 aromatic rings. The van der Waals surface area contributed by atoms with E-state index in [0.29, 0.717) is 5.75 Å². The fourth-order valence-electron chi connectivity index (χ4n) is 3.29. The molecule has 0 aliphatic heterocycles. The number of halogens is 1. The third-order valence-electron chi connectivity index (χ3n) is 4.57. The summed E-state index contributed by atoms with van der Waals surface area (Å²) < 4.78 is 10.7. The molecule has 2 rings (SSSR count). The van der Waals surface area contributed by atoms with Crippen LogP contribution < -0.4 is 14.8 Å². The Balaban J connectivity index is 2.12. The summed E-state index contributed by atoms with van der Waals surface area (Å²) in [7, 11) is 5.28. The second kappa shape index (κ2) is 7.90. The summed E-state index contributed by atoms with van der Waals surface area (Å²) in [5, 5.41) is 4.13. The summed E-state index contributed by atoms with van der Waals surface area (Å²) in [4.78, 5) is 0. The van der Waals surface area contributed by atoms with E-state index >= 15 is 0 Å². The van der Waals surface area contributed by atoms with E-state index in [9.17, 15) is 0 Å². The third kappa shape index (κ3) is 4.04. The van der Waals surface area contributed by atoms with Crippen molar-refractivity contribution in [2.45, 2.75) is 44.6 Å². The van der Waals surface area contributed by atoms with Gasteiger partial charge >= 0.3 is 0 Å². The van der Waals surface area contributed by atoms with Crippen LogP contribution in [0.1, 0.15) is 50.1 Å². The van der Waals surface area contributed by atoms with Gasteiger partial charge in [-0.25, -0.2) is 0 Å². The highest BCUT2D eigenvalue weighted by Gasteiger charge is 2.20. The van der Waals surface area contributed by atoms with Crippen molar-refractivity contribution < 1.29 is 9.47 Å².